The van der Waals surface area contributed by atoms with Crippen LogP contribution in [-0.4, -0.2) is 50.5 Å². The molecule has 1 aliphatic rings. The molecule has 0 atom stereocenters. The van der Waals surface area contributed by atoms with Crippen LogP contribution in [0.5, 0.6) is 5.75 Å². The van der Waals surface area contributed by atoms with Gasteiger partial charge in [0.25, 0.3) is 0 Å². The monoisotopic (exact) mass is 461 g/mol. The van der Waals surface area contributed by atoms with Gasteiger partial charge in [-0.15, -0.1) is 11.3 Å². The molecule has 2 heterocycles. The third-order valence-electron chi connectivity index (χ3n) is 5.23. The summed E-state index contributed by atoms with van der Waals surface area (Å²) < 4.78 is 46.5. The molecule has 31 heavy (non-hydrogen) atoms. The van der Waals surface area contributed by atoms with E-state index in [0.29, 0.717) is 38.3 Å². The predicted octanol–water partition coefficient (Wildman–Crippen LogP) is 4.17. The van der Waals surface area contributed by atoms with Crippen molar-refractivity contribution in [2.75, 3.05) is 37.7 Å². The van der Waals surface area contributed by atoms with Gasteiger partial charge in [0.2, 0.25) is 10.0 Å². The van der Waals surface area contributed by atoms with E-state index < -0.39 is 15.8 Å². The number of aryl methyl sites for hydroxylation is 1. The number of sulfonamides is 1. The van der Waals surface area contributed by atoms with E-state index in [0.717, 1.165) is 28.2 Å². The van der Waals surface area contributed by atoms with E-state index in [4.69, 9.17) is 9.72 Å². The highest BCUT2D eigenvalue weighted by atomic mass is 32.2. The van der Waals surface area contributed by atoms with Crippen LogP contribution < -0.4 is 9.64 Å². The van der Waals surface area contributed by atoms with Gasteiger partial charge in [-0.05, 0) is 55.8 Å². The van der Waals surface area contributed by atoms with Crippen LogP contribution in [0.1, 0.15) is 12.5 Å². The number of piperazine rings is 1. The zero-order valence-electron chi connectivity index (χ0n) is 17.4. The van der Waals surface area contributed by atoms with Crippen LogP contribution in [0.2, 0.25) is 0 Å². The highest BCUT2D eigenvalue weighted by Crippen LogP contribution is 2.30. The summed E-state index contributed by atoms with van der Waals surface area (Å²) in [6.45, 7) is 5.98. The minimum Gasteiger partial charge on any atom is -0.494 e. The van der Waals surface area contributed by atoms with Gasteiger partial charge in [0, 0.05) is 37.1 Å². The number of rotatable bonds is 6. The summed E-state index contributed by atoms with van der Waals surface area (Å²) in [5.74, 6) is 0.278. The van der Waals surface area contributed by atoms with Crippen LogP contribution in [0.15, 0.2) is 52.7 Å². The van der Waals surface area contributed by atoms with Crippen molar-refractivity contribution in [2.45, 2.75) is 18.7 Å². The van der Waals surface area contributed by atoms with Gasteiger partial charge in [0.15, 0.2) is 5.13 Å². The second kappa shape index (κ2) is 8.94. The van der Waals surface area contributed by atoms with E-state index in [-0.39, 0.29) is 4.90 Å². The van der Waals surface area contributed by atoms with Crippen molar-refractivity contribution in [3.05, 3.63) is 59.2 Å². The molecule has 6 nitrogen and oxygen atoms in total. The fraction of sp³-hybridized carbons (Fsp3) is 0.318. The number of halogens is 1. The molecule has 3 aromatic rings. The second-order valence-corrected chi connectivity index (χ2v) is 10.0. The molecule has 9 heteroatoms. The zero-order valence-corrected chi connectivity index (χ0v) is 19.0. The van der Waals surface area contributed by atoms with Crippen LogP contribution in [0.25, 0.3) is 11.3 Å². The molecule has 0 saturated carbocycles. The number of benzene rings is 2. The van der Waals surface area contributed by atoms with E-state index in [1.54, 1.807) is 18.3 Å². The first kappa shape index (κ1) is 21.7. The lowest BCUT2D eigenvalue weighted by molar-refractivity contribution is 0.340. The molecule has 0 bridgehead atoms. The largest absolute Gasteiger partial charge is 0.494 e. The average Bonchev–Trinajstić information content (AvgIpc) is 3.26. The van der Waals surface area contributed by atoms with E-state index in [9.17, 15) is 12.8 Å². The fourth-order valence-corrected chi connectivity index (χ4v) is 6.09. The quantitative estimate of drug-likeness (QED) is 0.551. The van der Waals surface area contributed by atoms with Crippen molar-refractivity contribution in [3.8, 4) is 17.0 Å². The number of hydrogen-bond acceptors (Lipinski definition) is 6. The number of ether oxygens (including phenoxy) is 1. The normalized spacial score (nSPS) is 15.3. The Labute approximate surface area is 186 Å². The van der Waals surface area contributed by atoms with Gasteiger partial charge in [-0.3, -0.25) is 0 Å². The Kier molecular flexibility index (Phi) is 6.27. The Morgan fingerprint density at radius 3 is 2.48 bits per heavy atom. The SMILES string of the molecule is CCOc1ccc(-c2csc(N3CCN(S(=O)(=O)c4cc(F)ccc4C)CC3)n2)cc1. The Morgan fingerprint density at radius 2 is 1.81 bits per heavy atom. The molecular formula is C22H24FN3O3S2. The van der Waals surface area contributed by atoms with Crippen molar-refractivity contribution >= 4 is 26.5 Å². The molecule has 0 N–H and O–H groups in total. The molecule has 0 amide bonds. The van der Waals surface area contributed by atoms with Crippen molar-refractivity contribution in [1.29, 1.82) is 0 Å². The van der Waals surface area contributed by atoms with Gasteiger partial charge >= 0.3 is 0 Å². The molecule has 0 spiro atoms. The van der Waals surface area contributed by atoms with E-state index in [1.165, 1.54) is 16.4 Å². The Bertz CT molecular complexity index is 1150. The summed E-state index contributed by atoms with van der Waals surface area (Å²) in [7, 11) is -3.73. The van der Waals surface area contributed by atoms with Crippen molar-refractivity contribution in [2.24, 2.45) is 0 Å². The molecular weight excluding hydrogens is 437 g/mol. The smallest absolute Gasteiger partial charge is 0.243 e. The molecule has 1 fully saturated rings. The maximum atomic E-state index is 13.6. The maximum Gasteiger partial charge on any atom is 0.243 e. The summed E-state index contributed by atoms with van der Waals surface area (Å²) in [5, 5.41) is 2.87. The molecule has 164 valence electrons. The Morgan fingerprint density at radius 1 is 1.10 bits per heavy atom. The van der Waals surface area contributed by atoms with Crippen LogP contribution in [0.3, 0.4) is 0 Å². The number of anilines is 1. The molecule has 0 radical (unpaired) electrons. The zero-order chi connectivity index (χ0) is 22.0. The number of thiazole rings is 1. The molecule has 1 saturated heterocycles. The third-order valence-corrected chi connectivity index (χ3v) is 8.17. The predicted molar refractivity (Wildman–Crippen MR) is 121 cm³/mol. The number of nitrogens with zero attached hydrogens (tertiary/aromatic N) is 3. The first-order valence-corrected chi connectivity index (χ1v) is 12.4. The number of hydrogen-bond donors (Lipinski definition) is 0. The molecule has 1 aromatic heterocycles. The third kappa shape index (κ3) is 4.58. The van der Waals surface area contributed by atoms with Crippen molar-refractivity contribution < 1.29 is 17.5 Å². The average molecular weight is 462 g/mol. The van der Waals surface area contributed by atoms with Crippen LogP contribution >= 0.6 is 11.3 Å². The Balaban J connectivity index is 1.44. The van der Waals surface area contributed by atoms with Gasteiger partial charge in [-0.2, -0.15) is 4.31 Å². The van der Waals surface area contributed by atoms with Crippen LogP contribution in [0.4, 0.5) is 9.52 Å². The standard InChI is InChI=1S/C22H24FN3O3S2/c1-3-29-19-8-5-17(6-9-19)20-15-30-22(24-20)25-10-12-26(13-11-25)31(27,28)21-14-18(23)7-4-16(21)2/h4-9,14-15H,3,10-13H2,1-2H3. The molecule has 0 aliphatic carbocycles. The van der Waals surface area contributed by atoms with Gasteiger partial charge in [-0.1, -0.05) is 6.07 Å². The lowest BCUT2D eigenvalue weighted by Crippen LogP contribution is -2.48. The first-order chi connectivity index (χ1) is 14.9. The molecule has 4 rings (SSSR count). The number of aromatic nitrogens is 1. The minimum absolute atomic E-state index is 0.0352. The topological polar surface area (TPSA) is 62.7 Å². The van der Waals surface area contributed by atoms with Gasteiger partial charge in [-0.25, -0.2) is 17.8 Å². The van der Waals surface area contributed by atoms with Crippen molar-refractivity contribution in [3.63, 3.8) is 0 Å². The summed E-state index contributed by atoms with van der Waals surface area (Å²) >= 11 is 1.54. The Hall–Kier alpha value is -2.49. The highest BCUT2D eigenvalue weighted by molar-refractivity contribution is 7.89. The summed E-state index contributed by atoms with van der Waals surface area (Å²) in [5.41, 5.74) is 2.44. The highest BCUT2D eigenvalue weighted by Gasteiger charge is 2.30. The summed E-state index contributed by atoms with van der Waals surface area (Å²) in [6.07, 6.45) is 0. The lowest BCUT2D eigenvalue weighted by Gasteiger charge is -2.34. The second-order valence-electron chi connectivity index (χ2n) is 7.27. The summed E-state index contributed by atoms with van der Waals surface area (Å²) in [4.78, 5) is 6.86. The maximum absolute atomic E-state index is 13.6. The van der Waals surface area contributed by atoms with E-state index >= 15 is 0 Å². The molecule has 1 aliphatic heterocycles. The first-order valence-electron chi connectivity index (χ1n) is 10.1. The van der Waals surface area contributed by atoms with Gasteiger partial charge < -0.3 is 9.64 Å². The summed E-state index contributed by atoms with van der Waals surface area (Å²) in [6, 6.07) is 11.7. The van der Waals surface area contributed by atoms with Gasteiger partial charge in [0.05, 0.1) is 17.2 Å². The van der Waals surface area contributed by atoms with E-state index in [2.05, 4.69) is 4.90 Å². The van der Waals surface area contributed by atoms with E-state index in [1.807, 2.05) is 36.6 Å². The minimum atomic E-state index is -3.73. The van der Waals surface area contributed by atoms with Crippen LogP contribution in [0, 0.1) is 12.7 Å². The molecule has 2 aromatic carbocycles. The van der Waals surface area contributed by atoms with Crippen molar-refractivity contribution in [1.82, 2.24) is 9.29 Å². The van der Waals surface area contributed by atoms with Gasteiger partial charge in [0.1, 0.15) is 11.6 Å². The van der Waals surface area contributed by atoms with Crippen LogP contribution in [-0.2, 0) is 10.0 Å². The lowest BCUT2D eigenvalue weighted by atomic mass is 10.2. The molecule has 0 unspecified atom stereocenters. The fourth-order valence-electron chi connectivity index (χ4n) is 3.54.